The Bertz CT molecular complexity index is 1130. The summed E-state index contributed by atoms with van der Waals surface area (Å²) in [5, 5.41) is 4.70. The van der Waals surface area contributed by atoms with Gasteiger partial charge < -0.3 is 14.2 Å². The normalized spacial score (nSPS) is 16.9. The van der Waals surface area contributed by atoms with Crippen LogP contribution in [0.4, 0.5) is 17.2 Å². The van der Waals surface area contributed by atoms with E-state index < -0.39 is 18.3 Å². The second-order valence-electron chi connectivity index (χ2n) is 8.88. The van der Waals surface area contributed by atoms with Crippen LogP contribution in [0.3, 0.4) is 0 Å². The first kappa shape index (κ1) is 21.2. The predicted molar refractivity (Wildman–Crippen MR) is 125 cm³/mol. The SMILES string of the molecule is [C-]#[N+]c1ccc(B2OC(C)(C)C(C)(C)O2)c(N(C)c2cc(-c3ccccc3)nn2C)c1. The largest absolute Gasteiger partial charge is 0.496 e. The van der Waals surface area contributed by atoms with E-state index in [9.17, 15) is 0 Å². The summed E-state index contributed by atoms with van der Waals surface area (Å²) in [7, 11) is 3.37. The topological polar surface area (TPSA) is 43.9 Å². The van der Waals surface area contributed by atoms with Crippen molar-refractivity contribution in [1.82, 2.24) is 9.78 Å². The zero-order valence-corrected chi connectivity index (χ0v) is 18.9. The highest BCUT2D eigenvalue weighted by Gasteiger charge is 2.52. The Kier molecular flexibility index (Phi) is 5.16. The molecular weight excluding hydrogens is 387 g/mol. The van der Waals surface area contributed by atoms with Crippen molar-refractivity contribution in [2.24, 2.45) is 7.05 Å². The zero-order chi connectivity index (χ0) is 22.4. The summed E-state index contributed by atoms with van der Waals surface area (Å²) in [6.45, 7) is 15.6. The quantitative estimate of drug-likeness (QED) is 0.458. The van der Waals surface area contributed by atoms with Crippen LogP contribution in [0.15, 0.2) is 54.6 Å². The lowest BCUT2D eigenvalue weighted by Crippen LogP contribution is -2.41. The Balaban J connectivity index is 1.76. The summed E-state index contributed by atoms with van der Waals surface area (Å²) >= 11 is 0. The number of anilines is 2. The highest BCUT2D eigenvalue weighted by atomic mass is 16.7. The molecule has 0 spiro atoms. The van der Waals surface area contributed by atoms with Crippen LogP contribution in [0.2, 0.25) is 0 Å². The van der Waals surface area contributed by atoms with Crippen LogP contribution in [0, 0.1) is 6.57 Å². The predicted octanol–water partition coefficient (Wildman–Crippen LogP) is 4.70. The van der Waals surface area contributed by atoms with Crippen LogP contribution >= 0.6 is 0 Å². The smallest absolute Gasteiger partial charge is 0.399 e. The van der Waals surface area contributed by atoms with E-state index in [1.807, 2.05) is 106 Å². The van der Waals surface area contributed by atoms with Gasteiger partial charge in [0.2, 0.25) is 0 Å². The number of rotatable bonds is 4. The van der Waals surface area contributed by atoms with Crippen LogP contribution in [0.5, 0.6) is 0 Å². The van der Waals surface area contributed by atoms with E-state index in [4.69, 9.17) is 21.0 Å². The first-order valence-electron chi connectivity index (χ1n) is 10.3. The standard InChI is InChI=1S/C24H27BN4O2/c1-23(2)24(3,4)31-25(30-23)19-14-13-18(26-5)15-21(19)28(6)22-16-20(27-29(22)7)17-11-9-8-10-12-17/h8-16H,1-4,6-7H3. The average Bonchev–Trinajstić information content (AvgIpc) is 3.23. The minimum atomic E-state index is -0.524. The van der Waals surface area contributed by atoms with E-state index in [-0.39, 0.29) is 0 Å². The second-order valence-corrected chi connectivity index (χ2v) is 8.88. The highest BCUT2D eigenvalue weighted by Crippen LogP contribution is 2.38. The minimum absolute atomic E-state index is 0.445. The van der Waals surface area contributed by atoms with Gasteiger partial charge in [-0.1, -0.05) is 42.5 Å². The molecule has 0 atom stereocenters. The van der Waals surface area contributed by atoms with Crippen molar-refractivity contribution in [3.05, 3.63) is 66.0 Å². The Labute approximate surface area is 184 Å². The fourth-order valence-corrected chi connectivity index (χ4v) is 3.71. The first-order valence-corrected chi connectivity index (χ1v) is 10.3. The third-order valence-electron chi connectivity index (χ3n) is 6.28. The molecule has 7 heteroatoms. The van der Waals surface area contributed by atoms with Gasteiger partial charge in [-0.3, -0.25) is 4.68 Å². The molecule has 1 aliphatic heterocycles. The van der Waals surface area contributed by atoms with Crippen molar-refractivity contribution < 1.29 is 9.31 Å². The van der Waals surface area contributed by atoms with E-state index in [0.29, 0.717) is 5.69 Å². The van der Waals surface area contributed by atoms with Crippen molar-refractivity contribution in [1.29, 1.82) is 0 Å². The fraction of sp³-hybridized carbons (Fsp3) is 0.333. The highest BCUT2D eigenvalue weighted by molar-refractivity contribution is 6.64. The van der Waals surface area contributed by atoms with Gasteiger partial charge in [0.1, 0.15) is 5.82 Å². The van der Waals surface area contributed by atoms with E-state index in [0.717, 1.165) is 28.2 Å². The molecule has 1 aromatic heterocycles. The summed E-state index contributed by atoms with van der Waals surface area (Å²) in [4.78, 5) is 5.66. The molecule has 31 heavy (non-hydrogen) atoms. The van der Waals surface area contributed by atoms with E-state index >= 15 is 0 Å². The van der Waals surface area contributed by atoms with Crippen LogP contribution in [0.25, 0.3) is 16.1 Å². The number of benzene rings is 2. The minimum Gasteiger partial charge on any atom is -0.399 e. The number of nitrogens with zero attached hydrogens (tertiary/aromatic N) is 4. The van der Waals surface area contributed by atoms with E-state index in [1.54, 1.807) is 0 Å². The van der Waals surface area contributed by atoms with Crippen molar-refractivity contribution >= 4 is 29.8 Å². The summed E-state index contributed by atoms with van der Waals surface area (Å²) in [5.41, 5.74) is 3.36. The number of hydrogen-bond acceptors (Lipinski definition) is 4. The van der Waals surface area contributed by atoms with E-state index in [2.05, 4.69) is 4.85 Å². The molecule has 0 amide bonds. The summed E-state index contributed by atoms with van der Waals surface area (Å²) < 4.78 is 14.5. The van der Waals surface area contributed by atoms with Gasteiger partial charge in [-0.05, 0) is 33.8 Å². The van der Waals surface area contributed by atoms with Crippen molar-refractivity contribution in [3.63, 3.8) is 0 Å². The molecule has 1 saturated heterocycles. The van der Waals surface area contributed by atoms with Gasteiger partial charge in [-0.2, -0.15) is 5.10 Å². The summed E-state index contributed by atoms with van der Waals surface area (Å²) in [6, 6.07) is 17.7. The summed E-state index contributed by atoms with van der Waals surface area (Å²) in [6.07, 6.45) is 0. The van der Waals surface area contributed by atoms with Crippen LogP contribution in [-0.2, 0) is 16.4 Å². The Morgan fingerprint density at radius 2 is 1.65 bits per heavy atom. The van der Waals surface area contributed by atoms with Gasteiger partial charge in [0.15, 0.2) is 5.69 Å². The second kappa shape index (κ2) is 7.56. The third-order valence-corrected chi connectivity index (χ3v) is 6.28. The molecule has 0 unspecified atom stereocenters. The lowest BCUT2D eigenvalue weighted by molar-refractivity contribution is 0.00578. The molecular formula is C24H27BN4O2. The zero-order valence-electron chi connectivity index (χ0n) is 18.9. The number of aryl methyl sites for hydroxylation is 1. The molecule has 0 N–H and O–H groups in total. The molecule has 0 radical (unpaired) electrons. The van der Waals surface area contributed by atoms with Crippen LogP contribution in [-0.4, -0.2) is 35.1 Å². The van der Waals surface area contributed by atoms with Crippen molar-refractivity contribution in [2.45, 2.75) is 38.9 Å². The van der Waals surface area contributed by atoms with Crippen LogP contribution < -0.4 is 10.4 Å². The maximum absolute atomic E-state index is 7.48. The lowest BCUT2D eigenvalue weighted by atomic mass is 9.77. The molecule has 158 valence electrons. The maximum atomic E-state index is 7.48. The molecule has 0 saturated carbocycles. The van der Waals surface area contributed by atoms with Crippen molar-refractivity contribution in [3.8, 4) is 11.3 Å². The molecule has 3 aromatic rings. The summed E-state index contributed by atoms with van der Waals surface area (Å²) in [5.74, 6) is 0.902. The van der Waals surface area contributed by atoms with E-state index in [1.165, 1.54) is 0 Å². The van der Waals surface area contributed by atoms with Gasteiger partial charge in [-0.25, -0.2) is 4.85 Å². The maximum Gasteiger partial charge on any atom is 0.496 e. The van der Waals surface area contributed by atoms with Gasteiger partial charge in [0.05, 0.1) is 23.5 Å². The average molecular weight is 414 g/mol. The monoisotopic (exact) mass is 414 g/mol. The fourth-order valence-electron chi connectivity index (χ4n) is 3.71. The molecule has 6 nitrogen and oxygen atoms in total. The Morgan fingerprint density at radius 1 is 1.00 bits per heavy atom. The number of aromatic nitrogens is 2. The van der Waals surface area contributed by atoms with Gasteiger partial charge >= 0.3 is 7.12 Å². The van der Waals surface area contributed by atoms with Crippen molar-refractivity contribution in [2.75, 3.05) is 11.9 Å². The Hall–Kier alpha value is -3.08. The van der Waals surface area contributed by atoms with Gasteiger partial charge in [-0.15, -0.1) is 0 Å². The van der Waals surface area contributed by atoms with Gasteiger partial charge in [0, 0.05) is 36.9 Å². The van der Waals surface area contributed by atoms with Gasteiger partial charge in [0.25, 0.3) is 0 Å². The molecule has 2 heterocycles. The molecule has 4 rings (SSSR count). The molecule has 2 aromatic carbocycles. The third kappa shape index (κ3) is 3.73. The molecule has 0 aliphatic carbocycles. The van der Waals surface area contributed by atoms with Crippen LogP contribution in [0.1, 0.15) is 27.7 Å². The first-order chi connectivity index (χ1) is 14.6. The molecule has 1 aliphatic rings. The number of hydrogen-bond donors (Lipinski definition) is 0. The molecule has 0 bridgehead atoms. The lowest BCUT2D eigenvalue weighted by Gasteiger charge is -2.32. The molecule has 1 fully saturated rings. The Morgan fingerprint density at radius 3 is 2.26 bits per heavy atom.